The van der Waals surface area contributed by atoms with Crippen LogP contribution in [0.3, 0.4) is 0 Å². The zero-order valence-corrected chi connectivity index (χ0v) is 13.4. The van der Waals surface area contributed by atoms with Crippen molar-refractivity contribution in [1.29, 1.82) is 0 Å². The van der Waals surface area contributed by atoms with Gasteiger partial charge in [-0.2, -0.15) is 9.49 Å². The van der Waals surface area contributed by atoms with Crippen LogP contribution in [0.15, 0.2) is 12.1 Å². The molecule has 0 aliphatic carbocycles. The van der Waals surface area contributed by atoms with Gasteiger partial charge in [0.25, 0.3) is 5.91 Å². The van der Waals surface area contributed by atoms with Gasteiger partial charge in [0.05, 0.1) is 6.54 Å². The number of rotatable bonds is 4. The van der Waals surface area contributed by atoms with Crippen LogP contribution in [-0.4, -0.2) is 43.2 Å². The Morgan fingerprint density at radius 2 is 2.12 bits per heavy atom. The molecule has 8 heteroatoms. The van der Waals surface area contributed by atoms with Crippen molar-refractivity contribution in [2.45, 2.75) is 33.4 Å². The summed E-state index contributed by atoms with van der Waals surface area (Å²) in [5.74, 6) is -1.95. The van der Waals surface area contributed by atoms with E-state index < -0.39 is 11.9 Å². The van der Waals surface area contributed by atoms with Crippen LogP contribution in [-0.2, 0) is 19.5 Å². The van der Waals surface area contributed by atoms with Crippen molar-refractivity contribution in [3.63, 3.8) is 0 Å². The van der Waals surface area contributed by atoms with Crippen molar-refractivity contribution in [3.05, 3.63) is 46.3 Å². The van der Waals surface area contributed by atoms with E-state index in [9.17, 15) is 19.1 Å². The van der Waals surface area contributed by atoms with Crippen LogP contribution in [0, 0.1) is 12.9 Å². The van der Waals surface area contributed by atoms with Crippen LogP contribution >= 0.6 is 0 Å². The quantitative estimate of drug-likeness (QED) is 0.860. The van der Waals surface area contributed by atoms with Crippen LogP contribution in [0.25, 0.3) is 0 Å². The summed E-state index contributed by atoms with van der Waals surface area (Å²) in [6, 6.07) is 2.88. The van der Waals surface area contributed by atoms with E-state index in [1.165, 1.54) is 10.7 Å². The first-order valence-corrected chi connectivity index (χ1v) is 7.66. The number of fused-ring (bicyclic) bond motifs is 1. The summed E-state index contributed by atoms with van der Waals surface area (Å²) in [4.78, 5) is 29.5. The van der Waals surface area contributed by atoms with Gasteiger partial charge in [-0.3, -0.25) is 9.48 Å². The average Bonchev–Trinajstić information content (AvgIpc) is 2.92. The number of aryl methyl sites for hydroxylation is 1. The predicted molar refractivity (Wildman–Crippen MR) is 82.2 cm³/mol. The van der Waals surface area contributed by atoms with Crippen LogP contribution < -0.4 is 0 Å². The van der Waals surface area contributed by atoms with E-state index in [0.29, 0.717) is 43.0 Å². The Kier molecular flexibility index (Phi) is 4.04. The highest BCUT2D eigenvalue weighted by atomic mass is 19.1. The first kappa shape index (κ1) is 16.1. The fourth-order valence-electron chi connectivity index (χ4n) is 2.96. The molecule has 0 saturated carbocycles. The van der Waals surface area contributed by atoms with E-state index in [0.717, 1.165) is 5.56 Å². The molecule has 2 aromatic rings. The third kappa shape index (κ3) is 2.64. The minimum Gasteiger partial charge on any atom is -0.476 e. The van der Waals surface area contributed by atoms with Crippen LogP contribution in [0.2, 0.25) is 0 Å². The molecule has 24 heavy (non-hydrogen) atoms. The summed E-state index contributed by atoms with van der Waals surface area (Å²) in [6.07, 6.45) is 0.410. The van der Waals surface area contributed by atoms with Gasteiger partial charge in [-0.15, -0.1) is 0 Å². The summed E-state index contributed by atoms with van der Waals surface area (Å²) < 4.78 is 14.6. The third-order valence-electron chi connectivity index (χ3n) is 4.20. The smallest absolute Gasteiger partial charge is 0.356 e. The second-order valence-electron chi connectivity index (χ2n) is 5.66. The topological polar surface area (TPSA) is 88.3 Å². The SMILES string of the molecule is CCc1c(C(=O)O)nn2c1C(=O)N(Cc1ccc(F)nc1C)CC2. The van der Waals surface area contributed by atoms with Crippen molar-refractivity contribution < 1.29 is 19.1 Å². The number of carbonyl (C=O) groups excluding carboxylic acids is 1. The molecule has 0 saturated heterocycles. The van der Waals surface area contributed by atoms with Gasteiger partial charge in [0, 0.05) is 24.3 Å². The van der Waals surface area contributed by atoms with Gasteiger partial charge in [0.1, 0.15) is 5.69 Å². The number of halogens is 1. The average molecular weight is 332 g/mol. The number of nitrogens with zero attached hydrogens (tertiary/aromatic N) is 4. The van der Waals surface area contributed by atoms with E-state index in [2.05, 4.69) is 10.1 Å². The lowest BCUT2D eigenvalue weighted by Crippen LogP contribution is -2.40. The van der Waals surface area contributed by atoms with Crippen LogP contribution in [0.4, 0.5) is 4.39 Å². The molecular weight excluding hydrogens is 315 g/mol. The highest BCUT2D eigenvalue weighted by Crippen LogP contribution is 2.23. The molecule has 2 aromatic heterocycles. The van der Waals surface area contributed by atoms with Crippen molar-refractivity contribution in [2.75, 3.05) is 6.54 Å². The largest absolute Gasteiger partial charge is 0.476 e. The second kappa shape index (κ2) is 6.03. The molecule has 1 amide bonds. The van der Waals surface area contributed by atoms with E-state index in [1.54, 1.807) is 24.8 Å². The van der Waals surface area contributed by atoms with Crippen molar-refractivity contribution in [3.8, 4) is 0 Å². The fraction of sp³-hybridized carbons (Fsp3) is 0.375. The molecular formula is C16H17FN4O3. The Hall–Kier alpha value is -2.77. The van der Waals surface area contributed by atoms with Gasteiger partial charge >= 0.3 is 5.97 Å². The number of hydrogen-bond acceptors (Lipinski definition) is 4. The third-order valence-corrected chi connectivity index (χ3v) is 4.20. The van der Waals surface area contributed by atoms with Gasteiger partial charge in [0.2, 0.25) is 5.95 Å². The van der Waals surface area contributed by atoms with E-state index >= 15 is 0 Å². The van der Waals surface area contributed by atoms with Crippen LogP contribution in [0.5, 0.6) is 0 Å². The standard InChI is InChI=1S/C16H17FN4O3/c1-3-11-13(16(23)24)19-21-7-6-20(15(22)14(11)21)8-10-4-5-12(17)18-9(10)2/h4-5H,3,6-8H2,1-2H3,(H,23,24). The molecule has 0 radical (unpaired) electrons. The van der Waals surface area contributed by atoms with Crippen molar-refractivity contribution in [1.82, 2.24) is 19.7 Å². The molecule has 0 unspecified atom stereocenters. The minimum absolute atomic E-state index is 0.0673. The van der Waals surface area contributed by atoms with Gasteiger partial charge in [0.15, 0.2) is 5.69 Å². The molecule has 0 aromatic carbocycles. The van der Waals surface area contributed by atoms with Gasteiger partial charge < -0.3 is 10.0 Å². The molecule has 3 heterocycles. The highest BCUT2D eigenvalue weighted by Gasteiger charge is 2.32. The Morgan fingerprint density at radius 1 is 1.38 bits per heavy atom. The number of aromatic nitrogens is 3. The Labute approximate surface area is 137 Å². The number of pyridine rings is 1. The zero-order valence-electron chi connectivity index (χ0n) is 13.4. The summed E-state index contributed by atoms with van der Waals surface area (Å²) in [5, 5.41) is 13.3. The van der Waals surface area contributed by atoms with Gasteiger partial charge in [-0.05, 0) is 25.0 Å². The minimum atomic E-state index is -1.13. The fourth-order valence-corrected chi connectivity index (χ4v) is 2.96. The van der Waals surface area contributed by atoms with E-state index in [1.807, 2.05) is 0 Å². The Bertz CT molecular complexity index is 831. The molecule has 3 rings (SSSR count). The molecule has 0 atom stereocenters. The first-order valence-electron chi connectivity index (χ1n) is 7.66. The summed E-state index contributed by atoms with van der Waals surface area (Å²) in [6.45, 7) is 4.62. The maximum absolute atomic E-state index is 13.1. The molecule has 0 fully saturated rings. The maximum atomic E-state index is 13.1. The highest BCUT2D eigenvalue weighted by molar-refractivity contribution is 5.98. The van der Waals surface area contributed by atoms with E-state index in [-0.39, 0.29) is 11.6 Å². The van der Waals surface area contributed by atoms with Gasteiger partial charge in [-0.1, -0.05) is 13.0 Å². The molecule has 1 aliphatic rings. The second-order valence-corrected chi connectivity index (χ2v) is 5.66. The molecule has 1 N–H and O–H groups in total. The Morgan fingerprint density at radius 3 is 2.75 bits per heavy atom. The number of carboxylic acid groups (broad SMARTS) is 1. The lowest BCUT2D eigenvalue weighted by Gasteiger charge is -2.28. The molecule has 0 bridgehead atoms. The lowest BCUT2D eigenvalue weighted by molar-refractivity contribution is 0.0670. The normalized spacial score (nSPS) is 14.0. The van der Waals surface area contributed by atoms with Crippen LogP contribution in [0.1, 0.15) is 44.7 Å². The number of hydrogen-bond donors (Lipinski definition) is 1. The summed E-state index contributed by atoms with van der Waals surface area (Å²) >= 11 is 0. The number of carbonyl (C=O) groups is 2. The summed E-state index contributed by atoms with van der Waals surface area (Å²) in [5.41, 5.74) is 2.00. The molecule has 0 spiro atoms. The number of carboxylic acids is 1. The predicted octanol–water partition coefficient (Wildman–Crippen LogP) is 1.64. The molecule has 1 aliphatic heterocycles. The first-order chi connectivity index (χ1) is 11.4. The summed E-state index contributed by atoms with van der Waals surface area (Å²) in [7, 11) is 0. The van der Waals surface area contributed by atoms with Crippen molar-refractivity contribution in [2.24, 2.45) is 0 Å². The molecule has 126 valence electrons. The lowest BCUT2D eigenvalue weighted by atomic mass is 10.1. The number of aromatic carboxylic acids is 1. The molecule has 7 nitrogen and oxygen atoms in total. The monoisotopic (exact) mass is 332 g/mol. The zero-order chi connectivity index (χ0) is 17.4. The Balaban J connectivity index is 1.93. The van der Waals surface area contributed by atoms with Crippen molar-refractivity contribution >= 4 is 11.9 Å². The van der Waals surface area contributed by atoms with Gasteiger partial charge in [-0.25, -0.2) is 9.78 Å². The maximum Gasteiger partial charge on any atom is 0.356 e. The van der Waals surface area contributed by atoms with E-state index in [4.69, 9.17) is 0 Å². The number of amides is 1.